The number of carbonyl (C=O) groups is 2. The number of nitrogens with zero attached hydrogens (tertiary/aromatic N) is 4. The van der Waals surface area contributed by atoms with Crippen molar-refractivity contribution < 1.29 is 31.9 Å². The number of aromatic nitrogens is 3. The van der Waals surface area contributed by atoms with Gasteiger partial charge in [-0.25, -0.2) is 19.3 Å². The highest BCUT2D eigenvalue weighted by Crippen LogP contribution is 2.43. The Morgan fingerprint density at radius 1 is 1.25 bits per heavy atom. The number of hydrogen-bond donors (Lipinski definition) is 2. The van der Waals surface area contributed by atoms with Crippen LogP contribution in [0.15, 0.2) is 30.7 Å². The number of nitrogens with one attached hydrogen (secondary N) is 2. The minimum atomic E-state index is -4.67. The van der Waals surface area contributed by atoms with Crippen LogP contribution >= 0.6 is 11.3 Å². The summed E-state index contributed by atoms with van der Waals surface area (Å²) in [6, 6.07) is 2.20. The number of amides is 2. The molecule has 3 aromatic rings. The Bertz CT molecular complexity index is 1430. The molecular weight excluding hydrogens is 552 g/mol. The highest BCUT2D eigenvalue weighted by Gasteiger charge is 2.38. The first-order valence-corrected chi connectivity index (χ1v) is 13.3. The van der Waals surface area contributed by atoms with E-state index in [1.165, 1.54) is 17.4 Å². The standard InChI is InChI=1S/C26H26F4N6O3S/c1-12-8-31-24(40-12)18-4-14(22(37)34-13(2)15-9-32-25(33-10-15)26(28,29)30)5-19-21(18)39-20(23(38)35-19)7-17-6-16(27)11-36(17)3/h4-5,8-10,13,16-17,20H,6-7,11H2,1-3H3,(H,34,37)(H,35,38)/t13-,16-,17-,20?/m1/s1. The zero-order valence-corrected chi connectivity index (χ0v) is 22.6. The average Bonchev–Trinajstić information content (AvgIpc) is 3.47. The van der Waals surface area contributed by atoms with Crippen molar-refractivity contribution in [1.82, 2.24) is 25.2 Å². The van der Waals surface area contributed by atoms with E-state index in [0.29, 0.717) is 35.7 Å². The van der Waals surface area contributed by atoms with Gasteiger partial charge in [-0.3, -0.25) is 9.59 Å². The van der Waals surface area contributed by atoms with E-state index in [2.05, 4.69) is 25.6 Å². The van der Waals surface area contributed by atoms with Crippen LogP contribution in [-0.2, 0) is 11.0 Å². The van der Waals surface area contributed by atoms with Crippen LogP contribution in [0.3, 0.4) is 0 Å². The van der Waals surface area contributed by atoms with Gasteiger partial charge in [-0.15, -0.1) is 11.3 Å². The first-order valence-electron chi connectivity index (χ1n) is 12.5. The maximum atomic E-state index is 13.9. The quantitative estimate of drug-likeness (QED) is 0.413. The molecule has 9 nitrogen and oxygen atoms in total. The van der Waals surface area contributed by atoms with Gasteiger partial charge in [0.15, 0.2) is 11.9 Å². The summed E-state index contributed by atoms with van der Waals surface area (Å²) < 4.78 is 58.5. The van der Waals surface area contributed by atoms with E-state index in [0.717, 1.165) is 17.3 Å². The number of likely N-dealkylation sites (tertiary alicyclic amines) is 1. The van der Waals surface area contributed by atoms with Gasteiger partial charge in [-0.05, 0) is 39.4 Å². The predicted octanol–water partition coefficient (Wildman–Crippen LogP) is 4.55. The molecule has 2 N–H and O–H groups in total. The summed E-state index contributed by atoms with van der Waals surface area (Å²) in [6.45, 7) is 3.77. The maximum Gasteiger partial charge on any atom is 0.451 e. The fourth-order valence-electron chi connectivity index (χ4n) is 4.79. The highest BCUT2D eigenvalue weighted by molar-refractivity contribution is 7.15. The molecule has 2 amide bonds. The largest absolute Gasteiger partial charge is 0.478 e. The second kappa shape index (κ2) is 10.7. The number of alkyl halides is 4. The lowest BCUT2D eigenvalue weighted by molar-refractivity contribution is -0.145. The Kier molecular flexibility index (Phi) is 7.48. The summed E-state index contributed by atoms with van der Waals surface area (Å²) in [4.78, 5) is 40.1. The topological polar surface area (TPSA) is 109 Å². The van der Waals surface area contributed by atoms with Gasteiger partial charge < -0.3 is 20.3 Å². The number of ether oxygens (including phenoxy) is 1. The average molecular weight is 579 g/mol. The SMILES string of the molecule is Cc1cnc(-c2cc(C(=O)N[C@H](C)c3cnc(C(F)(F)F)nc3)cc3c2OC(C[C@H]2C[C@@H](F)CN2C)C(=O)N3)s1. The number of aryl methyl sites for hydroxylation is 1. The van der Waals surface area contributed by atoms with Gasteiger partial charge in [-0.2, -0.15) is 13.2 Å². The third-order valence-electron chi connectivity index (χ3n) is 6.91. The molecule has 4 heterocycles. The molecule has 212 valence electrons. The Morgan fingerprint density at radius 3 is 2.58 bits per heavy atom. The first kappa shape index (κ1) is 27.9. The number of carbonyl (C=O) groups excluding carboxylic acids is 2. The lowest BCUT2D eigenvalue weighted by Gasteiger charge is -2.30. The Hall–Kier alpha value is -3.65. The summed E-state index contributed by atoms with van der Waals surface area (Å²) in [7, 11) is 1.81. The van der Waals surface area contributed by atoms with Crippen LogP contribution in [0.5, 0.6) is 5.75 Å². The van der Waals surface area contributed by atoms with E-state index >= 15 is 0 Å². The van der Waals surface area contributed by atoms with Crippen LogP contribution in [0, 0.1) is 6.92 Å². The fraction of sp³-hybridized carbons (Fsp3) is 0.423. The molecule has 1 fully saturated rings. The molecule has 1 aromatic carbocycles. The third kappa shape index (κ3) is 5.77. The number of benzene rings is 1. The van der Waals surface area contributed by atoms with Crippen molar-refractivity contribution in [1.29, 1.82) is 0 Å². The smallest absolute Gasteiger partial charge is 0.451 e. The van der Waals surface area contributed by atoms with Crippen molar-refractivity contribution in [3.8, 4) is 16.3 Å². The van der Waals surface area contributed by atoms with Crippen molar-refractivity contribution in [2.75, 3.05) is 18.9 Å². The number of hydrogen-bond acceptors (Lipinski definition) is 8. The maximum absolute atomic E-state index is 13.9. The Balaban J connectivity index is 1.41. The van der Waals surface area contributed by atoms with E-state index in [9.17, 15) is 27.2 Å². The molecule has 1 unspecified atom stereocenters. The second-order valence-corrected chi connectivity index (χ2v) is 11.2. The second-order valence-electron chi connectivity index (χ2n) is 9.97. The zero-order chi connectivity index (χ0) is 28.8. The molecule has 0 bridgehead atoms. The van der Waals surface area contributed by atoms with E-state index in [-0.39, 0.29) is 22.9 Å². The van der Waals surface area contributed by atoms with Crippen LogP contribution in [-0.4, -0.2) is 63.6 Å². The normalized spacial score (nSPS) is 21.9. The fourth-order valence-corrected chi connectivity index (χ4v) is 5.57. The van der Waals surface area contributed by atoms with E-state index in [1.54, 1.807) is 19.2 Å². The summed E-state index contributed by atoms with van der Waals surface area (Å²) in [5, 5.41) is 6.12. The number of fused-ring (bicyclic) bond motifs is 1. The number of thiazole rings is 1. The summed E-state index contributed by atoms with van der Waals surface area (Å²) in [5.74, 6) is -1.86. The molecule has 14 heteroatoms. The number of halogens is 4. The van der Waals surface area contributed by atoms with Gasteiger partial charge in [0.2, 0.25) is 5.82 Å². The molecule has 2 aromatic heterocycles. The molecule has 0 saturated carbocycles. The molecule has 4 atom stereocenters. The first-order chi connectivity index (χ1) is 18.9. The molecule has 0 aliphatic carbocycles. The summed E-state index contributed by atoms with van der Waals surface area (Å²) in [6.07, 6.45) is -2.17. The van der Waals surface area contributed by atoms with Crippen LogP contribution in [0.2, 0.25) is 0 Å². The molecule has 5 rings (SSSR count). The van der Waals surface area contributed by atoms with Gasteiger partial charge in [0.05, 0.1) is 17.3 Å². The van der Waals surface area contributed by atoms with Crippen molar-refractivity contribution in [2.24, 2.45) is 0 Å². The molecule has 2 aliphatic heterocycles. The number of rotatable bonds is 6. The van der Waals surface area contributed by atoms with E-state index < -0.39 is 42.1 Å². The minimum Gasteiger partial charge on any atom is -0.478 e. The monoisotopic (exact) mass is 578 g/mol. The van der Waals surface area contributed by atoms with Gasteiger partial charge in [0.25, 0.3) is 11.8 Å². The van der Waals surface area contributed by atoms with Gasteiger partial charge in [0, 0.05) is 53.6 Å². The van der Waals surface area contributed by atoms with Gasteiger partial charge in [-0.1, -0.05) is 0 Å². The van der Waals surface area contributed by atoms with Crippen LogP contribution in [0.4, 0.5) is 23.2 Å². The van der Waals surface area contributed by atoms with Crippen LogP contribution in [0.1, 0.15) is 52.4 Å². The third-order valence-corrected chi connectivity index (χ3v) is 7.86. The summed E-state index contributed by atoms with van der Waals surface area (Å²) >= 11 is 1.38. The predicted molar refractivity (Wildman–Crippen MR) is 139 cm³/mol. The van der Waals surface area contributed by atoms with Crippen molar-refractivity contribution in [3.05, 3.63) is 52.6 Å². The van der Waals surface area contributed by atoms with E-state index in [4.69, 9.17) is 4.74 Å². The van der Waals surface area contributed by atoms with Crippen molar-refractivity contribution in [3.63, 3.8) is 0 Å². The van der Waals surface area contributed by atoms with Crippen molar-refractivity contribution in [2.45, 2.75) is 57.2 Å². The Morgan fingerprint density at radius 2 is 1.98 bits per heavy atom. The number of anilines is 1. The Labute approximate surface area is 231 Å². The minimum absolute atomic E-state index is 0.154. The van der Waals surface area contributed by atoms with E-state index in [1.807, 2.05) is 18.9 Å². The molecule has 1 saturated heterocycles. The van der Waals surface area contributed by atoms with Crippen LogP contribution < -0.4 is 15.4 Å². The highest BCUT2D eigenvalue weighted by atomic mass is 32.1. The van der Waals surface area contributed by atoms with Gasteiger partial charge in [0.1, 0.15) is 11.2 Å². The van der Waals surface area contributed by atoms with Crippen LogP contribution in [0.25, 0.3) is 10.6 Å². The lowest BCUT2D eigenvalue weighted by Crippen LogP contribution is -2.42. The molecular formula is C26H26F4N6O3S. The summed E-state index contributed by atoms with van der Waals surface area (Å²) in [5.41, 5.74) is 1.24. The van der Waals surface area contributed by atoms with Crippen molar-refractivity contribution >= 4 is 28.8 Å². The molecule has 0 spiro atoms. The molecule has 0 radical (unpaired) electrons. The zero-order valence-electron chi connectivity index (χ0n) is 21.8. The van der Waals surface area contributed by atoms with Gasteiger partial charge >= 0.3 is 6.18 Å². The molecule has 2 aliphatic rings. The molecule has 40 heavy (non-hydrogen) atoms. The lowest BCUT2D eigenvalue weighted by atomic mass is 10.0.